The van der Waals surface area contributed by atoms with Crippen LogP contribution in [0, 0.1) is 0 Å². The molecule has 0 spiro atoms. The highest BCUT2D eigenvalue weighted by molar-refractivity contribution is 5.70. The fourth-order valence-electron chi connectivity index (χ4n) is 1.89. The summed E-state index contributed by atoms with van der Waals surface area (Å²) in [6.45, 7) is 9.45. The van der Waals surface area contributed by atoms with Crippen molar-refractivity contribution in [2.24, 2.45) is 5.73 Å². The highest BCUT2D eigenvalue weighted by Gasteiger charge is 2.16. The molecule has 0 bridgehead atoms. The summed E-state index contributed by atoms with van der Waals surface area (Å²) < 4.78 is 5.44. The molecule has 1 aromatic rings. The van der Waals surface area contributed by atoms with Gasteiger partial charge in [-0.2, -0.15) is 0 Å². The lowest BCUT2D eigenvalue weighted by molar-refractivity contribution is 0.413. The minimum atomic E-state index is 0.148. The first-order valence-electron chi connectivity index (χ1n) is 6.46. The molecule has 1 aromatic carbocycles. The first kappa shape index (κ1) is 14.8. The minimum absolute atomic E-state index is 0.148. The van der Waals surface area contributed by atoms with Gasteiger partial charge in [-0.05, 0) is 48.6 Å². The van der Waals surface area contributed by atoms with Gasteiger partial charge in [-0.1, -0.05) is 32.9 Å². The van der Waals surface area contributed by atoms with Crippen molar-refractivity contribution in [3.63, 3.8) is 0 Å². The highest BCUT2D eigenvalue weighted by Crippen LogP contribution is 2.31. The van der Waals surface area contributed by atoms with Gasteiger partial charge < -0.3 is 10.5 Å². The molecule has 0 aromatic heterocycles. The van der Waals surface area contributed by atoms with Gasteiger partial charge in [0.05, 0.1) is 7.11 Å². The molecule has 2 N–H and O–H groups in total. The van der Waals surface area contributed by atoms with Crippen LogP contribution in [0.4, 0.5) is 0 Å². The van der Waals surface area contributed by atoms with Gasteiger partial charge in [0.2, 0.25) is 0 Å². The van der Waals surface area contributed by atoms with Crippen molar-refractivity contribution in [2.75, 3.05) is 13.7 Å². The summed E-state index contributed by atoms with van der Waals surface area (Å²) in [6.07, 6.45) is 3.07. The molecule has 0 saturated heterocycles. The van der Waals surface area contributed by atoms with E-state index in [4.69, 9.17) is 10.5 Å². The lowest BCUT2D eigenvalue weighted by Crippen LogP contribution is -2.11. The molecule has 2 nitrogen and oxygen atoms in total. The Bertz CT molecular complexity index is 427. The summed E-state index contributed by atoms with van der Waals surface area (Å²) in [5, 5.41) is 0. The van der Waals surface area contributed by atoms with Crippen LogP contribution in [0.1, 0.15) is 45.2 Å². The number of methoxy groups -OCH3 is 1. The zero-order chi connectivity index (χ0) is 13.8. The average molecular weight is 247 g/mol. The summed E-state index contributed by atoms with van der Waals surface area (Å²) in [7, 11) is 1.71. The van der Waals surface area contributed by atoms with E-state index in [9.17, 15) is 0 Å². The van der Waals surface area contributed by atoms with Crippen LogP contribution in [0.5, 0.6) is 5.75 Å². The average Bonchev–Trinajstić information content (AvgIpc) is 2.34. The molecular weight excluding hydrogens is 222 g/mol. The van der Waals surface area contributed by atoms with E-state index in [1.165, 1.54) is 16.7 Å². The fraction of sp³-hybridized carbons (Fsp3) is 0.500. The quantitative estimate of drug-likeness (QED) is 0.879. The number of hydrogen-bond donors (Lipinski definition) is 1. The second-order valence-electron chi connectivity index (χ2n) is 5.63. The normalized spacial score (nSPS) is 12.7. The third-order valence-corrected chi connectivity index (χ3v) is 3.11. The van der Waals surface area contributed by atoms with Crippen molar-refractivity contribution < 1.29 is 4.74 Å². The Labute approximate surface area is 111 Å². The van der Waals surface area contributed by atoms with Gasteiger partial charge in [-0.15, -0.1) is 0 Å². The van der Waals surface area contributed by atoms with Crippen molar-refractivity contribution in [2.45, 2.75) is 39.5 Å². The Balaban J connectivity index is 3.22. The van der Waals surface area contributed by atoms with E-state index in [-0.39, 0.29) is 5.41 Å². The number of ether oxygens (including phenoxy) is 1. The number of allylic oxidation sites excluding steroid dienone is 1. The zero-order valence-electron chi connectivity index (χ0n) is 12.2. The summed E-state index contributed by atoms with van der Waals surface area (Å²) in [4.78, 5) is 0. The molecule has 0 radical (unpaired) electrons. The molecule has 0 atom stereocenters. The van der Waals surface area contributed by atoms with Crippen molar-refractivity contribution in [3.8, 4) is 5.75 Å². The molecular formula is C16H25NO. The van der Waals surface area contributed by atoms with Crippen molar-refractivity contribution in [1.29, 1.82) is 0 Å². The lowest BCUT2D eigenvalue weighted by Gasteiger charge is -2.21. The number of benzene rings is 1. The van der Waals surface area contributed by atoms with E-state index in [1.807, 2.05) is 0 Å². The molecule has 0 aliphatic rings. The minimum Gasteiger partial charge on any atom is -0.496 e. The van der Waals surface area contributed by atoms with Gasteiger partial charge >= 0.3 is 0 Å². The number of rotatable bonds is 4. The third kappa shape index (κ3) is 3.61. The monoisotopic (exact) mass is 247 g/mol. The van der Waals surface area contributed by atoms with Crippen molar-refractivity contribution in [1.82, 2.24) is 0 Å². The Morgan fingerprint density at radius 2 is 2.00 bits per heavy atom. The summed E-state index contributed by atoms with van der Waals surface area (Å²) in [5.74, 6) is 0.925. The van der Waals surface area contributed by atoms with Gasteiger partial charge in [-0.3, -0.25) is 0 Å². The predicted molar refractivity (Wildman–Crippen MR) is 79.0 cm³/mol. The molecule has 0 unspecified atom stereocenters. The smallest absolute Gasteiger partial charge is 0.126 e. The summed E-state index contributed by atoms with van der Waals surface area (Å²) >= 11 is 0. The SMILES string of the molecule is COc1ccc(C(C)(C)C)cc1/C(C)=C/CCN. The maximum atomic E-state index is 5.55. The van der Waals surface area contributed by atoms with Crippen LogP contribution >= 0.6 is 0 Å². The Morgan fingerprint density at radius 1 is 1.33 bits per heavy atom. The molecule has 0 amide bonds. The molecule has 100 valence electrons. The molecule has 0 aliphatic heterocycles. The van der Waals surface area contributed by atoms with E-state index in [0.29, 0.717) is 6.54 Å². The van der Waals surface area contributed by atoms with E-state index in [2.05, 4.69) is 52.0 Å². The van der Waals surface area contributed by atoms with Crippen LogP contribution in [-0.2, 0) is 5.41 Å². The number of hydrogen-bond acceptors (Lipinski definition) is 2. The molecule has 0 fully saturated rings. The van der Waals surface area contributed by atoms with Gasteiger partial charge in [0.15, 0.2) is 0 Å². The van der Waals surface area contributed by atoms with E-state index >= 15 is 0 Å². The Hall–Kier alpha value is -1.28. The van der Waals surface area contributed by atoms with Crippen LogP contribution in [-0.4, -0.2) is 13.7 Å². The highest BCUT2D eigenvalue weighted by atomic mass is 16.5. The maximum Gasteiger partial charge on any atom is 0.126 e. The largest absolute Gasteiger partial charge is 0.496 e. The second kappa shape index (κ2) is 6.05. The van der Waals surface area contributed by atoms with E-state index < -0.39 is 0 Å². The van der Waals surface area contributed by atoms with E-state index in [0.717, 1.165) is 12.2 Å². The Kier molecular flexibility index (Phi) is 4.97. The van der Waals surface area contributed by atoms with Gasteiger partial charge in [-0.25, -0.2) is 0 Å². The first-order chi connectivity index (χ1) is 8.40. The van der Waals surface area contributed by atoms with Crippen LogP contribution in [0.3, 0.4) is 0 Å². The molecule has 0 aliphatic carbocycles. The number of nitrogens with two attached hydrogens (primary N) is 1. The fourth-order valence-corrected chi connectivity index (χ4v) is 1.89. The zero-order valence-corrected chi connectivity index (χ0v) is 12.2. The first-order valence-corrected chi connectivity index (χ1v) is 6.46. The topological polar surface area (TPSA) is 35.2 Å². The molecule has 18 heavy (non-hydrogen) atoms. The van der Waals surface area contributed by atoms with Gasteiger partial charge in [0.1, 0.15) is 5.75 Å². The van der Waals surface area contributed by atoms with Crippen LogP contribution in [0.2, 0.25) is 0 Å². The Morgan fingerprint density at radius 3 is 2.50 bits per heavy atom. The maximum absolute atomic E-state index is 5.55. The predicted octanol–water partition coefficient (Wildman–Crippen LogP) is 3.74. The molecule has 1 rings (SSSR count). The lowest BCUT2D eigenvalue weighted by atomic mass is 9.85. The molecule has 0 heterocycles. The van der Waals surface area contributed by atoms with Crippen LogP contribution in [0.25, 0.3) is 5.57 Å². The molecule has 0 saturated carbocycles. The van der Waals surface area contributed by atoms with E-state index in [1.54, 1.807) is 7.11 Å². The van der Waals surface area contributed by atoms with Crippen LogP contribution in [0.15, 0.2) is 24.3 Å². The van der Waals surface area contributed by atoms with Crippen LogP contribution < -0.4 is 10.5 Å². The summed E-state index contributed by atoms with van der Waals surface area (Å²) in [5.41, 5.74) is 9.41. The van der Waals surface area contributed by atoms with Crippen molar-refractivity contribution in [3.05, 3.63) is 35.4 Å². The summed E-state index contributed by atoms with van der Waals surface area (Å²) in [6, 6.07) is 6.41. The molecule has 2 heteroatoms. The third-order valence-electron chi connectivity index (χ3n) is 3.11. The van der Waals surface area contributed by atoms with Gasteiger partial charge in [0.25, 0.3) is 0 Å². The standard InChI is InChI=1S/C16H25NO/c1-12(7-6-10-17)14-11-13(16(2,3)4)8-9-15(14)18-5/h7-9,11H,6,10,17H2,1-5H3/b12-7+. The van der Waals surface area contributed by atoms with Gasteiger partial charge in [0, 0.05) is 5.56 Å². The van der Waals surface area contributed by atoms with Crippen molar-refractivity contribution >= 4 is 5.57 Å². The second-order valence-corrected chi connectivity index (χ2v) is 5.63.